The van der Waals surface area contributed by atoms with E-state index in [1.807, 2.05) is 30.3 Å². The first kappa shape index (κ1) is 16.0. The lowest BCUT2D eigenvalue weighted by Gasteiger charge is -2.17. The molecule has 6 nitrogen and oxygen atoms in total. The summed E-state index contributed by atoms with van der Waals surface area (Å²) in [5, 5.41) is 6.83. The van der Waals surface area contributed by atoms with Gasteiger partial charge < -0.3 is 14.7 Å². The molecule has 0 radical (unpaired) electrons. The second-order valence-corrected chi connectivity index (χ2v) is 5.63. The highest BCUT2D eigenvalue weighted by Crippen LogP contribution is 2.16. The fourth-order valence-corrected chi connectivity index (χ4v) is 1.85. The van der Waals surface area contributed by atoms with Crippen LogP contribution < -0.4 is 5.32 Å². The van der Waals surface area contributed by atoms with Crippen LogP contribution in [0.15, 0.2) is 34.9 Å². The highest BCUT2D eigenvalue weighted by molar-refractivity contribution is 5.73. The maximum atomic E-state index is 11.8. The Morgan fingerprint density at radius 2 is 2.05 bits per heavy atom. The van der Waals surface area contributed by atoms with E-state index in [-0.39, 0.29) is 6.03 Å². The molecular weight excluding hydrogens is 280 g/mol. The summed E-state index contributed by atoms with van der Waals surface area (Å²) in [4.78, 5) is 17.8. The van der Waals surface area contributed by atoms with E-state index in [2.05, 4.69) is 29.3 Å². The van der Waals surface area contributed by atoms with Gasteiger partial charge in [-0.2, -0.15) is 4.98 Å². The molecular formula is C16H22N4O2. The minimum Gasteiger partial charge on any atom is -0.338 e. The Kier molecular flexibility index (Phi) is 5.52. The van der Waals surface area contributed by atoms with Gasteiger partial charge >= 0.3 is 6.03 Å². The molecule has 2 amide bonds. The van der Waals surface area contributed by atoms with E-state index in [1.165, 1.54) is 0 Å². The summed E-state index contributed by atoms with van der Waals surface area (Å²) in [6.45, 7) is 5.33. The molecule has 6 heteroatoms. The number of amides is 2. The predicted molar refractivity (Wildman–Crippen MR) is 84.3 cm³/mol. The van der Waals surface area contributed by atoms with Crippen molar-refractivity contribution in [3.05, 3.63) is 36.2 Å². The highest BCUT2D eigenvalue weighted by atomic mass is 16.5. The van der Waals surface area contributed by atoms with Crippen LogP contribution in [0.3, 0.4) is 0 Å². The Morgan fingerprint density at radius 3 is 2.73 bits per heavy atom. The van der Waals surface area contributed by atoms with Crippen molar-refractivity contribution in [1.29, 1.82) is 0 Å². The number of likely N-dealkylation sites (N-methyl/N-ethyl adjacent to an activating group) is 1. The largest absolute Gasteiger partial charge is 0.338 e. The van der Waals surface area contributed by atoms with Gasteiger partial charge in [0.2, 0.25) is 0 Å². The number of carbonyl (C=O) groups is 1. The molecule has 1 aromatic heterocycles. The zero-order chi connectivity index (χ0) is 15.9. The molecule has 118 valence electrons. The molecule has 0 bridgehead atoms. The highest BCUT2D eigenvalue weighted by Gasteiger charge is 2.12. The van der Waals surface area contributed by atoms with E-state index in [1.54, 1.807) is 11.9 Å². The van der Waals surface area contributed by atoms with Crippen molar-refractivity contribution in [1.82, 2.24) is 20.4 Å². The maximum Gasteiger partial charge on any atom is 0.317 e. The van der Waals surface area contributed by atoms with Gasteiger partial charge in [-0.3, -0.25) is 0 Å². The van der Waals surface area contributed by atoms with Crippen LogP contribution in [0.1, 0.15) is 19.7 Å². The van der Waals surface area contributed by atoms with E-state index in [0.29, 0.717) is 37.1 Å². The lowest BCUT2D eigenvalue weighted by atomic mass is 10.2. The molecule has 0 fully saturated rings. The van der Waals surface area contributed by atoms with Crippen molar-refractivity contribution in [3.8, 4) is 11.5 Å². The number of rotatable bonds is 6. The standard InChI is InChI=1S/C16H22N4O2/c1-12(2)11-17-16(21)20(3)10-9-14-18-15(22-19-14)13-7-5-4-6-8-13/h4-8,12H,9-11H2,1-3H3,(H,17,21). The number of hydrogen-bond donors (Lipinski definition) is 1. The van der Waals surface area contributed by atoms with Gasteiger partial charge in [0.15, 0.2) is 5.82 Å². The van der Waals surface area contributed by atoms with E-state index < -0.39 is 0 Å². The van der Waals surface area contributed by atoms with Crippen LogP contribution in [-0.2, 0) is 6.42 Å². The summed E-state index contributed by atoms with van der Waals surface area (Å²) >= 11 is 0. The number of benzene rings is 1. The van der Waals surface area contributed by atoms with Crippen LogP contribution in [0.4, 0.5) is 4.79 Å². The zero-order valence-electron chi connectivity index (χ0n) is 13.2. The van der Waals surface area contributed by atoms with Gasteiger partial charge in [-0.1, -0.05) is 37.2 Å². The Labute approximate surface area is 130 Å². The monoisotopic (exact) mass is 302 g/mol. The summed E-state index contributed by atoms with van der Waals surface area (Å²) in [6, 6.07) is 9.54. The van der Waals surface area contributed by atoms with Crippen molar-refractivity contribution in [3.63, 3.8) is 0 Å². The van der Waals surface area contributed by atoms with Crippen molar-refractivity contribution < 1.29 is 9.32 Å². The maximum absolute atomic E-state index is 11.8. The van der Waals surface area contributed by atoms with Gasteiger partial charge in [0.05, 0.1) is 0 Å². The smallest absolute Gasteiger partial charge is 0.317 e. The van der Waals surface area contributed by atoms with Gasteiger partial charge in [-0.05, 0) is 18.1 Å². The van der Waals surface area contributed by atoms with Crippen LogP contribution >= 0.6 is 0 Å². The molecule has 0 saturated heterocycles. The van der Waals surface area contributed by atoms with E-state index in [4.69, 9.17) is 4.52 Å². The normalized spacial score (nSPS) is 10.7. The molecule has 2 rings (SSSR count). The van der Waals surface area contributed by atoms with E-state index >= 15 is 0 Å². The number of nitrogens with zero attached hydrogens (tertiary/aromatic N) is 3. The summed E-state index contributed by atoms with van der Waals surface area (Å²) < 4.78 is 5.24. The number of carbonyl (C=O) groups excluding carboxylic acids is 1. The third kappa shape index (κ3) is 4.58. The van der Waals surface area contributed by atoms with Crippen LogP contribution in [0.5, 0.6) is 0 Å². The van der Waals surface area contributed by atoms with E-state index in [9.17, 15) is 4.79 Å². The van der Waals surface area contributed by atoms with Crippen molar-refractivity contribution in [2.75, 3.05) is 20.1 Å². The number of urea groups is 1. The molecule has 0 spiro atoms. The summed E-state index contributed by atoms with van der Waals surface area (Å²) in [5.74, 6) is 1.54. The molecule has 0 aliphatic carbocycles. The summed E-state index contributed by atoms with van der Waals surface area (Å²) in [5.41, 5.74) is 0.893. The molecule has 0 aliphatic rings. The van der Waals surface area contributed by atoms with Crippen LogP contribution in [0.2, 0.25) is 0 Å². The molecule has 0 unspecified atom stereocenters. The lowest BCUT2D eigenvalue weighted by Crippen LogP contribution is -2.39. The molecule has 22 heavy (non-hydrogen) atoms. The first-order valence-electron chi connectivity index (χ1n) is 7.43. The minimum atomic E-state index is -0.0829. The Balaban J connectivity index is 1.85. The van der Waals surface area contributed by atoms with Crippen LogP contribution in [0, 0.1) is 5.92 Å². The second kappa shape index (κ2) is 7.59. The molecule has 1 aromatic carbocycles. The van der Waals surface area contributed by atoms with Crippen molar-refractivity contribution >= 4 is 6.03 Å². The van der Waals surface area contributed by atoms with Crippen LogP contribution in [0.25, 0.3) is 11.5 Å². The first-order valence-corrected chi connectivity index (χ1v) is 7.43. The second-order valence-electron chi connectivity index (χ2n) is 5.63. The Bertz CT molecular complexity index is 595. The molecule has 0 aliphatic heterocycles. The van der Waals surface area contributed by atoms with E-state index in [0.717, 1.165) is 5.56 Å². The van der Waals surface area contributed by atoms with Gasteiger partial charge in [0.25, 0.3) is 5.89 Å². The van der Waals surface area contributed by atoms with Gasteiger partial charge in [-0.15, -0.1) is 0 Å². The first-order chi connectivity index (χ1) is 10.6. The molecule has 0 saturated carbocycles. The predicted octanol–water partition coefficient (Wildman–Crippen LogP) is 2.58. The van der Waals surface area contributed by atoms with Gasteiger partial charge in [0, 0.05) is 32.1 Å². The van der Waals surface area contributed by atoms with Gasteiger partial charge in [-0.25, -0.2) is 4.79 Å². The molecule has 0 atom stereocenters. The number of hydrogen-bond acceptors (Lipinski definition) is 4. The summed E-state index contributed by atoms with van der Waals surface area (Å²) in [7, 11) is 1.76. The fraction of sp³-hybridized carbons (Fsp3) is 0.438. The third-order valence-corrected chi connectivity index (χ3v) is 3.17. The quantitative estimate of drug-likeness (QED) is 0.890. The number of nitrogens with one attached hydrogen (secondary N) is 1. The SMILES string of the molecule is CC(C)CNC(=O)N(C)CCc1noc(-c2ccccc2)n1. The molecule has 1 heterocycles. The molecule has 2 aromatic rings. The average molecular weight is 302 g/mol. The minimum absolute atomic E-state index is 0.0829. The third-order valence-electron chi connectivity index (χ3n) is 3.17. The number of aromatic nitrogens is 2. The topological polar surface area (TPSA) is 71.3 Å². The van der Waals surface area contributed by atoms with Crippen LogP contribution in [-0.4, -0.2) is 41.2 Å². The zero-order valence-corrected chi connectivity index (χ0v) is 13.2. The Hall–Kier alpha value is -2.37. The average Bonchev–Trinajstić information content (AvgIpc) is 3.00. The fourth-order valence-electron chi connectivity index (χ4n) is 1.85. The Morgan fingerprint density at radius 1 is 1.32 bits per heavy atom. The molecule has 1 N–H and O–H groups in total. The summed E-state index contributed by atoms with van der Waals surface area (Å²) in [6.07, 6.45) is 0.557. The van der Waals surface area contributed by atoms with Crippen molar-refractivity contribution in [2.45, 2.75) is 20.3 Å². The lowest BCUT2D eigenvalue weighted by molar-refractivity contribution is 0.207. The van der Waals surface area contributed by atoms with Gasteiger partial charge in [0.1, 0.15) is 0 Å². The van der Waals surface area contributed by atoms with Crippen molar-refractivity contribution in [2.24, 2.45) is 5.92 Å².